The molecule has 194 valence electrons. The van der Waals surface area contributed by atoms with E-state index in [1.807, 2.05) is 30.3 Å². The van der Waals surface area contributed by atoms with Crippen LogP contribution in [0.1, 0.15) is 39.3 Å². The molecule has 10 nitrogen and oxygen atoms in total. The molecule has 0 aliphatic carbocycles. The maximum absolute atomic E-state index is 13.4. The number of nitrogens with two attached hydrogens (primary N) is 2. The fourth-order valence-electron chi connectivity index (χ4n) is 4.35. The summed E-state index contributed by atoms with van der Waals surface area (Å²) in [5.41, 5.74) is 7.22. The van der Waals surface area contributed by atoms with Crippen molar-refractivity contribution >= 4 is 28.3 Å². The van der Waals surface area contributed by atoms with E-state index in [-0.39, 0.29) is 23.4 Å². The predicted octanol–water partition coefficient (Wildman–Crippen LogP) is 2.76. The molecule has 3 aromatic rings. The number of methoxy groups -OCH3 is 1. The molecule has 6 N–H and O–H groups in total. The van der Waals surface area contributed by atoms with E-state index in [0.717, 1.165) is 29.2 Å². The van der Waals surface area contributed by atoms with Gasteiger partial charge in [0.1, 0.15) is 0 Å². The van der Waals surface area contributed by atoms with Gasteiger partial charge in [-0.3, -0.25) is 9.59 Å². The SMILES string of the molecule is COc1ccc(NC(=O)c2ccc(CN(N)/C=C\N)c3ccccc23)c(C(=O)NCC2CCOCC2)n1. The van der Waals surface area contributed by atoms with Gasteiger partial charge in [0, 0.05) is 43.8 Å². The van der Waals surface area contributed by atoms with Crippen LogP contribution in [-0.4, -0.2) is 48.7 Å². The molecular formula is C27H32N6O4. The van der Waals surface area contributed by atoms with Crippen molar-refractivity contribution in [2.75, 3.05) is 32.2 Å². The molecule has 0 unspecified atom stereocenters. The van der Waals surface area contributed by atoms with E-state index in [2.05, 4.69) is 15.6 Å². The van der Waals surface area contributed by atoms with E-state index < -0.39 is 0 Å². The topological polar surface area (TPSA) is 145 Å². The number of hydrazine groups is 1. The number of nitrogens with zero attached hydrogens (tertiary/aromatic N) is 2. The van der Waals surface area contributed by atoms with Crippen molar-refractivity contribution in [3.63, 3.8) is 0 Å². The lowest BCUT2D eigenvalue weighted by Gasteiger charge is -2.22. The first-order valence-electron chi connectivity index (χ1n) is 12.1. The Morgan fingerprint density at radius 3 is 2.59 bits per heavy atom. The van der Waals surface area contributed by atoms with Gasteiger partial charge in [-0.2, -0.15) is 0 Å². The van der Waals surface area contributed by atoms with Gasteiger partial charge >= 0.3 is 0 Å². The number of carbonyl (C=O) groups is 2. The van der Waals surface area contributed by atoms with Crippen LogP contribution >= 0.6 is 0 Å². The summed E-state index contributed by atoms with van der Waals surface area (Å²) in [6.07, 6.45) is 4.72. The van der Waals surface area contributed by atoms with Crippen LogP contribution in [0.5, 0.6) is 5.88 Å². The Bertz CT molecular complexity index is 1290. The monoisotopic (exact) mass is 504 g/mol. The zero-order chi connectivity index (χ0) is 26.2. The first-order valence-corrected chi connectivity index (χ1v) is 12.1. The summed E-state index contributed by atoms with van der Waals surface area (Å²) in [7, 11) is 1.48. The molecule has 10 heteroatoms. The number of ether oxygens (including phenoxy) is 2. The quantitative estimate of drug-likeness (QED) is 0.257. The van der Waals surface area contributed by atoms with Crippen LogP contribution in [0.2, 0.25) is 0 Å². The van der Waals surface area contributed by atoms with Crippen LogP contribution in [0, 0.1) is 5.92 Å². The number of amides is 2. The summed E-state index contributed by atoms with van der Waals surface area (Å²) < 4.78 is 10.6. The fraction of sp³-hybridized carbons (Fsp3) is 0.296. The summed E-state index contributed by atoms with van der Waals surface area (Å²) in [6, 6.07) is 14.4. The van der Waals surface area contributed by atoms with E-state index >= 15 is 0 Å². The number of carbonyl (C=O) groups excluding carboxylic acids is 2. The number of hydrogen-bond acceptors (Lipinski definition) is 8. The highest BCUT2D eigenvalue weighted by Gasteiger charge is 2.21. The number of nitrogens with one attached hydrogen (secondary N) is 2. The van der Waals surface area contributed by atoms with Crippen LogP contribution in [0.25, 0.3) is 10.8 Å². The lowest BCUT2D eigenvalue weighted by Crippen LogP contribution is -2.33. The molecule has 0 bridgehead atoms. The third-order valence-electron chi connectivity index (χ3n) is 6.32. The van der Waals surface area contributed by atoms with Gasteiger partial charge in [-0.15, -0.1) is 0 Å². The molecule has 1 fully saturated rings. The Morgan fingerprint density at radius 1 is 1.11 bits per heavy atom. The van der Waals surface area contributed by atoms with Crippen LogP contribution < -0.4 is 26.9 Å². The summed E-state index contributed by atoms with van der Waals surface area (Å²) in [5.74, 6) is 5.86. The zero-order valence-corrected chi connectivity index (χ0v) is 20.8. The maximum Gasteiger partial charge on any atom is 0.272 e. The van der Waals surface area contributed by atoms with E-state index in [1.165, 1.54) is 18.3 Å². The smallest absolute Gasteiger partial charge is 0.272 e. The van der Waals surface area contributed by atoms with Gasteiger partial charge in [0.25, 0.3) is 11.8 Å². The maximum atomic E-state index is 13.4. The van der Waals surface area contributed by atoms with Crippen molar-refractivity contribution in [3.05, 3.63) is 77.8 Å². The van der Waals surface area contributed by atoms with Crippen molar-refractivity contribution in [1.82, 2.24) is 15.3 Å². The Morgan fingerprint density at radius 2 is 1.86 bits per heavy atom. The molecule has 1 aromatic heterocycles. The molecule has 0 saturated carbocycles. The summed E-state index contributed by atoms with van der Waals surface area (Å²) >= 11 is 0. The van der Waals surface area contributed by atoms with Crippen LogP contribution in [-0.2, 0) is 11.3 Å². The summed E-state index contributed by atoms with van der Waals surface area (Å²) in [4.78, 5) is 30.8. The van der Waals surface area contributed by atoms with Gasteiger partial charge in [-0.25, -0.2) is 10.8 Å². The van der Waals surface area contributed by atoms with Crippen LogP contribution in [0.4, 0.5) is 5.69 Å². The third-order valence-corrected chi connectivity index (χ3v) is 6.32. The number of hydrogen-bond donors (Lipinski definition) is 4. The standard InChI is InChI=1S/C27H32N6O4/c1-36-24-9-8-23(25(32-24)27(35)30-16-18-10-14-37-15-11-18)31-26(34)22-7-6-19(17-33(29)13-12-28)20-4-2-3-5-21(20)22/h2-9,12-13,18H,10-11,14-17,28-29H2,1H3,(H,30,35)(H,31,34)/b13-12-. The van der Waals surface area contributed by atoms with Gasteiger partial charge in [0.2, 0.25) is 5.88 Å². The Kier molecular flexibility index (Phi) is 8.55. The zero-order valence-electron chi connectivity index (χ0n) is 20.8. The van der Waals surface area contributed by atoms with Crippen LogP contribution in [0.3, 0.4) is 0 Å². The van der Waals surface area contributed by atoms with Gasteiger partial charge in [0.15, 0.2) is 5.69 Å². The van der Waals surface area contributed by atoms with E-state index in [1.54, 1.807) is 24.4 Å². The highest BCUT2D eigenvalue weighted by molar-refractivity contribution is 6.15. The number of benzene rings is 2. The third kappa shape index (κ3) is 6.35. The molecule has 1 saturated heterocycles. The van der Waals surface area contributed by atoms with Gasteiger partial charge in [0.05, 0.1) is 19.3 Å². The Balaban J connectivity index is 1.58. The molecule has 0 radical (unpaired) electrons. The van der Waals surface area contributed by atoms with Crippen molar-refractivity contribution in [3.8, 4) is 5.88 Å². The van der Waals surface area contributed by atoms with Crippen molar-refractivity contribution in [2.24, 2.45) is 17.5 Å². The number of rotatable bonds is 9. The first kappa shape index (κ1) is 25.9. The van der Waals surface area contributed by atoms with Crippen LogP contribution in [0.15, 0.2) is 60.9 Å². The summed E-state index contributed by atoms with van der Waals surface area (Å²) in [5, 5.41) is 8.93. The molecule has 2 amide bonds. The molecule has 0 spiro atoms. The minimum absolute atomic E-state index is 0.0908. The highest BCUT2D eigenvalue weighted by Crippen LogP contribution is 2.26. The summed E-state index contributed by atoms with van der Waals surface area (Å²) in [6.45, 7) is 2.31. The number of aromatic nitrogens is 1. The van der Waals surface area contributed by atoms with Crippen molar-refractivity contribution in [2.45, 2.75) is 19.4 Å². The predicted molar refractivity (Wildman–Crippen MR) is 142 cm³/mol. The second-order valence-corrected chi connectivity index (χ2v) is 8.80. The van der Waals surface area contributed by atoms with Crippen molar-refractivity contribution in [1.29, 1.82) is 0 Å². The Hall–Kier alpha value is -4.15. The molecule has 4 rings (SSSR count). The lowest BCUT2D eigenvalue weighted by molar-refractivity contribution is 0.0642. The molecule has 2 aromatic carbocycles. The molecule has 0 atom stereocenters. The lowest BCUT2D eigenvalue weighted by atomic mass is 9.98. The Labute approximate surface area is 215 Å². The molecular weight excluding hydrogens is 472 g/mol. The largest absolute Gasteiger partial charge is 0.481 e. The minimum atomic E-state index is -0.378. The molecule has 2 heterocycles. The van der Waals surface area contributed by atoms with Crippen molar-refractivity contribution < 1.29 is 19.1 Å². The molecule has 1 aliphatic rings. The highest BCUT2D eigenvalue weighted by atomic mass is 16.5. The minimum Gasteiger partial charge on any atom is -0.481 e. The van der Waals surface area contributed by atoms with E-state index in [4.69, 9.17) is 21.1 Å². The van der Waals surface area contributed by atoms with Gasteiger partial charge in [-0.05, 0) is 47.2 Å². The number of anilines is 1. The molecule has 1 aliphatic heterocycles. The van der Waals surface area contributed by atoms with E-state index in [0.29, 0.717) is 43.5 Å². The average Bonchev–Trinajstić information content (AvgIpc) is 2.92. The normalized spacial score (nSPS) is 14.0. The molecule has 37 heavy (non-hydrogen) atoms. The second-order valence-electron chi connectivity index (χ2n) is 8.80. The first-order chi connectivity index (χ1) is 18.0. The van der Waals surface area contributed by atoms with Gasteiger partial charge < -0.3 is 30.8 Å². The number of fused-ring (bicyclic) bond motifs is 1. The fourth-order valence-corrected chi connectivity index (χ4v) is 4.35. The van der Waals surface area contributed by atoms with E-state index in [9.17, 15) is 9.59 Å². The van der Waals surface area contributed by atoms with Gasteiger partial charge in [-0.1, -0.05) is 30.3 Å². The average molecular weight is 505 g/mol. The second kappa shape index (κ2) is 12.2. The number of pyridine rings is 1.